The second kappa shape index (κ2) is 5.95. The van der Waals surface area contributed by atoms with Crippen molar-refractivity contribution in [3.8, 4) is 11.3 Å². The van der Waals surface area contributed by atoms with E-state index in [4.69, 9.17) is 0 Å². The van der Waals surface area contributed by atoms with Gasteiger partial charge < -0.3 is 5.32 Å². The predicted molar refractivity (Wildman–Crippen MR) is 103 cm³/mol. The van der Waals surface area contributed by atoms with E-state index in [2.05, 4.69) is 20.2 Å². The van der Waals surface area contributed by atoms with Gasteiger partial charge in [-0.15, -0.1) is 0 Å². The molecular weight excluding hydrogens is 364 g/mol. The Balaban J connectivity index is 1.63. The first kappa shape index (κ1) is 17.3. The Morgan fingerprint density at radius 2 is 1.78 bits per heavy atom. The van der Waals surface area contributed by atoms with E-state index < -0.39 is 15.4 Å². The maximum Gasteiger partial charge on any atom is 0.263 e. The van der Waals surface area contributed by atoms with Crippen LogP contribution in [-0.4, -0.2) is 24.5 Å². The Labute approximate surface area is 156 Å². The van der Waals surface area contributed by atoms with Crippen LogP contribution < -0.4 is 10.0 Å². The van der Waals surface area contributed by atoms with Gasteiger partial charge in [0.15, 0.2) is 5.82 Å². The van der Waals surface area contributed by atoms with Crippen LogP contribution in [0.15, 0.2) is 59.5 Å². The zero-order valence-corrected chi connectivity index (χ0v) is 15.6. The summed E-state index contributed by atoms with van der Waals surface area (Å²) in [6.45, 7) is 3.52. The first-order valence-electron chi connectivity index (χ1n) is 8.37. The van der Waals surface area contributed by atoms with Crippen molar-refractivity contribution in [2.45, 2.75) is 24.2 Å². The Morgan fingerprint density at radius 1 is 1.04 bits per heavy atom. The minimum Gasteiger partial charge on any atom is -0.325 e. The summed E-state index contributed by atoms with van der Waals surface area (Å²) in [5.74, 6) is 0.0441. The molecule has 138 valence electrons. The minimum absolute atomic E-state index is 0.0788. The lowest BCUT2D eigenvalue weighted by Gasteiger charge is -2.16. The van der Waals surface area contributed by atoms with Crippen LogP contribution in [0.1, 0.15) is 19.4 Å². The number of nitrogens with one attached hydrogen (secondary N) is 3. The molecule has 8 heteroatoms. The second-order valence-electron chi connectivity index (χ2n) is 6.92. The van der Waals surface area contributed by atoms with Gasteiger partial charge in [0.2, 0.25) is 5.91 Å². The third kappa shape index (κ3) is 2.97. The van der Waals surface area contributed by atoms with Crippen molar-refractivity contribution in [3.05, 3.63) is 60.2 Å². The molecule has 0 unspecified atom stereocenters. The highest BCUT2D eigenvalue weighted by molar-refractivity contribution is 7.92. The number of H-pyrrole nitrogens is 1. The summed E-state index contributed by atoms with van der Waals surface area (Å²) < 4.78 is 28.0. The molecule has 27 heavy (non-hydrogen) atoms. The van der Waals surface area contributed by atoms with Gasteiger partial charge in [-0.2, -0.15) is 5.10 Å². The van der Waals surface area contributed by atoms with Gasteiger partial charge in [0, 0.05) is 11.8 Å². The fourth-order valence-corrected chi connectivity index (χ4v) is 4.07. The summed E-state index contributed by atoms with van der Waals surface area (Å²) >= 11 is 0. The lowest BCUT2D eigenvalue weighted by Crippen LogP contribution is -2.27. The molecule has 2 heterocycles. The number of rotatable bonds is 4. The van der Waals surface area contributed by atoms with Crippen LogP contribution in [0.25, 0.3) is 11.3 Å². The lowest BCUT2D eigenvalue weighted by molar-refractivity contribution is -0.119. The Kier molecular flexibility index (Phi) is 3.81. The van der Waals surface area contributed by atoms with Crippen LogP contribution >= 0.6 is 0 Å². The molecule has 0 spiro atoms. The number of amides is 1. The smallest absolute Gasteiger partial charge is 0.263 e. The van der Waals surface area contributed by atoms with Crippen molar-refractivity contribution >= 4 is 27.4 Å². The van der Waals surface area contributed by atoms with Crippen LogP contribution in [0.4, 0.5) is 11.5 Å². The van der Waals surface area contributed by atoms with Crippen molar-refractivity contribution < 1.29 is 13.2 Å². The molecule has 0 saturated carbocycles. The summed E-state index contributed by atoms with van der Waals surface area (Å²) in [5.41, 5.74) is 2.11. The summed E-state index contributed by atoms with van der Waals surface area (Å²) in [4.78, 5) is 12.1. The van der Waals surface area contributed by atoms with Gasteiger partial charge in [-0.05, 0) is 43.2 Å². The maximum absolute atomic E-state index is 12.8. The molecule has 7 nitrogen and oxygen atoms in total. The van der Waals surface area contributed by atoms with Crippen LogP contribution in [0.5, 0.6) is 0 Å². The predicted octanol–water partition coefficient (Wildman–Crippen LogP) is 3.11. The number of aromatic nitrogens is 2. The third-order valence-corrected chi connectivity index (χ3v) is 6.04. The molecule has 0 bridgehead atoms. The fraction of sp³-hybridized carbons (Fsp3) is 0.158. The third-order valence-electron chi connectivity index (χ3n) is 4.69. The van der Waals surface area contributed by atoms with Crippen molar-refractivity contribution in [1.82, 2.24) is 10.2 Å². The Hall–Kier alpha value is -3.13. The summed E-state index contributed by atoms with van der Waals surface area (Å²) in [5, 5.41) is 9.63. The van der Waals surface area contributed by atoms with Crippen molar-refractivity contribution in [2.24, 2.45) is 0 Å². The molecular formula is C19H18N4O3S. The molecule has 3 N–H and O–H groups in total. The van der Waals surface area contributed by atoms with Crippen molar-refractivity contribution in [1.29, 1.82) is 0 Å². The van der Waals surface area contributed by atoms with E-state index in [0.29, 0.717) is 16.9 Å². The molecule has 0 atom stereocenters. The monoisotopic (exact) mass is 382 g/mol. The molecule has 1 amide bonds. The molecule has 1 aliphatic rings. The second-order valence-corrected chi connectivity index (χ2v) is 8.61. The highest BCUT2D eigenvalue weighted by Crippen LogP contribution is 2.38. The SMILES string of the molecule is CC1(C)C(=O)Nc2ccc(S(=O)(=O)Nc3cc(-c4ccccc4)[nH]n3)cc21. The van der Waals surface area contributed by atoms with E-state index >= 15 is 0 Å². The van der Waals surface area contributed by atoms with E-state index in [1.165, 1.54) is 12.1 Å². The number of carbonyl (C=O) groups excluding carboxylic acids is 1. The molecule has 1 aromatic heterocycles. The zero-order valence-electron chi connectivity index (χ0n) is 14.8. The van der Waals surface area contributed by atoms with Gasteiger partial charge in [0.25, 0.3) is 10.0 Å². The number of hydrogen-bond donors (Lipinski definition) is 3. The van der Waals surface area contributed by atoms with E-state index in [1.807, 2.05) is 30.3 Å². The molecule has 2 aromatic carbocycles. The normalized spacial score (nSPS) is 15.3. The Bertz CT molecular complexity index is 1130. The average Bonchev–Trinajstić information content (AvgIpc) is 3.18. The summed E-state index contributed by atoms with van der Waals surface area (Å²) in [7, 11) is -3.84. The van der Waals surface area contributed by atoms with E-state index in [9.17, 15) is 13.2 Å². The summed E-state index contributed by atoms with van der Waals surface area (Å²) in [6.07, 6.45) is 0. The van der Waals surface area contributed by atoms with Crippen LogP contribution in [0, 0.1) is 0 Å². The first-order valence-corrected chi connectivity index (χ1v) is 9.85. The molecule has 0 aliphatic carbocycles. The fourth-order valence-electron chi connectivity index (χ4n) is 3.05. The largest absolute Gasteiger partial charge is 0.325 e. The van der Waals surface area contributed by atoms with Crippen molar-refractivity contribution in [3.63, 3.8) is 0 Å². The molecule has 4 rings (SSSR count). The minimum atomic E-state index is -3.84. The van der Waals surface area contributed by atoms with Gasteiger partial charge >= 0.3 is 0 Å². The number of sulfonamides is 1. The number of aromatic amines is 1. The van der Waals surface area contributed by atoms with Crippen LogP contribution in [-0.2, 0) is 20.2 Å². The standard InChI is InChI=1S/C19H18N4O3S/c1-19(2)14-10-13(8-9-15(14)20-18(19)24)27(25,26)23-17-11-16(21-22-17)12-6-4-3-5-7-12/h3-11H,1-2H3,(H,20,24)(H2,21,22,23). The number of fused-ring (bicyclic) bond motifs is 1. The van der Waals surface area contributed by atoms with Crippen LogP contribution in [0.2, 0.25) is 0 Å². The quantitative estimate of drug-likeness (QED) is 0.645. The Morgan fingerprint density at radius 3 is 2.52 bits per heavy atom. The molecule has 3 aromatic rings. The van der Waals surface area contributed by atoms with Gasteiger partial charge in [0.1, 0.15) is 0 Å². The number of nitrogens with zero attached hydrogens (tertiary/aromatic N) is 1. The topological polar surface area (TPSA) is 104 Å². The molecule has 0 radical (unpaired) electrons. The van der Waals surface area contributed by atoms with Crippen molar-refractivity contribution in [2.75, 3.05) is 10.0 Å². The first-order chi connectivity index (χ1) is 12.8. The number of hydrogen-bond acceptors (Lipinski definition) is 4. The van der Waals surface area contributed by atoms with E-state index in [-0.39, 0.29) is 16.6 Å². The molecule has 0 fully saturated rings. The van der Waals surface area contributed by atoms with E-state index in [1.54, 1.807) is 26.0 Å². The number of anilines is 2. The number of benzene rings is 2. The molecule has 0 saturated heterocycles. The lowest BCUT2D eigenvalue weighted by atomic mass is 9.86. The van der Waals surface area contributed by atoms with Gasteiger partial charge in [-0.3, -0.25) is 14.6 Å². The summed E-state index contributed by atoms with van der Waals surface area (Å²) in [6, 6.07) is 15.7. The van der Waals surface area contributed by atoms with Gasteiger partial charge in [-0.1, -0.05) is 30.3 Å². The maximum atomic E-state index is 12.8. The zero-order chi connectivity index (χ0) is 19.2. The van der Waals surface area contributed by atoms with Gasteiger partial charge in [0.05, 0.1) is 16.0 Å². The highest BCUT2D eigenvalue weighted by atomic mass is 32.2. The van der Waals surface area contributed by atoms with Gasteiger partial charge in [-0.25, -0.2) is 8.42 Å². The van der Waals surface area contributed by atoms with Crippen LogP contribution in [0.3, 0.4) is 0 Å². The van der Waals surface area contributed by atoms with E-state index in [0.717, 1.165) is 5.56 Å². The number of carbonyl (C=O) groups is 1. The average molecular weight is 382 g/mol. The highest BCUT2D eigenvalue weighted by Gasteiger charge is 2.39. The molecule has 1 aliphatic heterocycles.